The topological polar surface area (TPSA) is 105 Å². The van der Waals surface area contributed by atoms with Crippen molar-refractivity contribution in [3.05, 3.63) is 85.1 Å². The van der Waals surface area contributed by atoms with Gasteiger partial charge in [-0.15, -0.1) is 0 Å². The third-order valence-electron chi connectivity index (χ3n) is 9.60. The average Bonchev–Trinajstić information content (AvgIpc) is 3.17. The summed E-state index contributed by atoms with van der Waals surface area (Å²) in [4.78, 5) is 23.1. The normalized spacial score (nSPS) is 15.1. The number of carbonyl (C=O) groups excluding carboxylic acids is 1. The molecule has 3 N–H and O–H groups in total. The number of aliphatic hydroxyl groups is 1. The van der Waals surface area contributed by atoms with Crippen molar-refractivity contribution < 1.29 is 32.9 Å². The Morgan fingerprint density at radius 3 is 1.59 bits per heavy atom. The fourth-order valence-electron chi connectivity index (χ4n) is 5.96. The van der Waals surface area contributed by atoms with Gasteiger partial charge >= 0.3 is 7.82 Å². The third-order valence-corrected chi connectivity index (χ3v) is 10.6. The smallest absolute Gasteiger partial charge is 0.387 e. The molecule has 0 saturated heterocycles. The van der Waals surface area contributed by atoms with E-state index in [1.165, 1.54) is 70.6 Å². The number of nitrogens with zero attached hydrogens (tertiary/aromatic N) is 1. The predicted octanol–water partition coefficient (Wildman–Crippen LogP) is 13.0. The minimum atomic E-state index is -4.36. The largest absolute Gasteiger partial charge is 0.472 e. The summed E-state index contributed by atoms with van der Waals surface area (Å²) in [6.07, 6.45) is 55.1. The summed E-state index contributed by atoms with van der Waals surface area (Å²) in [5.74, 6) is -0.222. The Labute approximate surface area is 356 Å². The first-order valence-electron chi connectivity index (χ1n) is 23.0. The number of phosphoric ester groups is 1. The van der Waals surface area contributed by atoms with Crippen molar-refractivity contribution in [2.45, 2.75) is 180 Å². The third kappa shape index (κ3) is 41.8. The van der Waals surface area contributed by atoms with Crippen LogP contribution in [0.4, 0.5) is 0 Å². The van der Waals surface area contributed by atoms with E-state index in [1.807, 2.05) is 27.2 Å². The number of rotatable bonds is 40. The molecular weight excluding hydrogens is 744 g/mol. The second-order valence-corrected chi connectivity index (χ2v) is 17.8. The van der Waals surface area contributed by atoms with Gasteiger partial charge in [-0.3, -0.25) is 13.8 Å². The summed E-state index contributed by atoms with van der Waals surface area (Å²) in [6.45, 7) is 4.63. The van der Waals surface area contributed by atoms with Gasteiger partial charge in [0, 0.05) is 6.42 Å². The van der Waals surface area contributed by atoms with Crippen molar-refractivity contribution in [2.75, 3.05) is 40.9 Å². The number of unbranched alkanes of at least 4 members (excludes halogenated alkanes) is 15. The Bertz CT molecular complexity index is 1220. The lowest BCUT2D eigenvalue weighted by atomic mass is 10.1. The molecule has 0 aliphatic rings. The minimum Gasteiger partial charge on any atom is -0.387 e. The van der Waals surface area contributed by atoms with Crippen molar-refractivity contribution in [1.29, 1.82) is 0 Å². The van der Waals surface area contributed by atoms with Crippen molar-refractivity contribution in [2.24, 2.45) is 0 Å². The van der Waals surface area contributed by atoms with E-state index in [1.54, 1.807) is 6.08 Å². The van der Waals surface area contributed by atoms with Gasteiger partial charge in [0.15, 0.2) is 0 Å². The number of phosphoric acid groups is 1. The number of carbonyl (C=O) groups is 1. The van der Waals surface area contributed by atoms with Crippen molar-refractivity contribution in [1.82, 2.24) is 5.32 Å². The molecule has 0 rings (SSSR count). The van der Waals surface area contributed by atoms with Crippen LogP contribution in [0, 0.1) is 0 Å². The molecule has 0 aliphatic heterocycles. The highest BCUT2D eigenvalue weighted by Crippen LogP contribution is 2.43. The molecule has 58 heavy (non-hydrogen) atoms. The van der Waals surface area contributed by atoms with E-state index in [4.69, 9.17) is 9.05 Å². The van der Waals surface area contributed by atoms with Gasteiger partial charge in [-0.25, -0.2) is 4.57 Å². The van der Waals surface area contributed by atoms with Crippen LogP contribution in [-0.4, -0.2) is 73.4 Å². The monoisotopic (exact) mass is 832 g/mol. The van der Waals surface area contributed by atoms with E-state index >= 15 is 0 Å². The lowest BCUT2D eigenvalue weighted by Crippen LogP contribution is -2.45. The van der Waals surface area contributed by atoms with Gasteiger partial charge < -0.3 is 19.8 Å². The Hall–Kier alpha value is -2.32. The Kier molecular flexibility index (Phi) is 38.5. The summed E-state index contributed by atoms with van der Waals surface area (Å²) in [5, 5.41) is 13.8. The number of allylic oxidation sites excluding steroid dienone is 13. The highest BCUT2D eigenvalue weighted by molar-refractivity contribution is 7.47. The summed E-state index contributed by atoms with van der Waals surface area (Å²) < 4.78 is 23.5. The predicted molar refractivity (Wildman–Crippen MR) is 249 cm³/mol. The number of aliphatic hydroxyl groups excluding tert-OH is 1. The maximum Gasteiger partial charge on any atom is 0.472 e. The van der Waals surface area contributed by atoms with Crippen molar-refractivity contribution in [3.63, 3.8) is 0 Å². The molecule has 3 atom stereocenters. The first-order valence-corrected chi connectivity index (χ1v) is 24.5. The standard InChI is InChI=1S/C49H87N2O6P/c1-6-8-10-12-14-16-18-20-22-24-25-27-29-31-33-35-37-39-41-43-49(53)50-47(46-57-58(54,55)56-45-44-51(3,4)5)48(52)42-40-38-36-34-32-30-28-26-23-21-19-17-15-13-11-9-7-2/h8,10,14,16,20,22,25,27,31-34,40,42,47-48,52H,6-7,9,11-13,15,17-19,21,23-24,26,28-30,35-39,41,43-46H2,1-5H3,(H-,50,53,54,55)/p+1/b10-8-,16-14-,22-20-,27-25-,33-31-,34-32+,42-40+. The first kappa shape index (κ1) is 55.7. The molecule has 0 radical (unpaired) electrons. The van der Waals surface area contributed by atoms with E-state index in [0.717, 1.165) is 70.6 Å². The van der Waals surface area contributed by atoms with Crippen LogP contribution in [0.2, 0.25) is 0 Å². The Morgan fingerprint density at radius 2 is 1.05 bits per heavy atom. The van der Waals surface area contributed by atoms with Crippen molar-refractivity contribution in [3.8, 4) is 0 Å². The summed E-state index contributed by atoms with van der Waals surface area (Å²) in [7, 11) is 1.52. The summed E-state index contributed by atoms with van der Waals surface area (Å²) >= 11 is 0. The molecular formula is C49H88N2O6P+. The van der Waals surface area contributed by atoms with E-state index in [9.17, 15) is 19.4 Å². The first-order chi connectivity index (χ1) is 28.0. The number of likely N-dealkylation sites (N-methyl/N-ethyl adjacent to an activating group) is 1. The Balaban J connectivity index is 4.55. The zero-order chi connectivity index (χ0) is 42.8. The van der Waals surface area contributed by atoms with Crippen LogP contribution in [0.15, 0.2) is 85.1 Å². The molecule has 0 spiro atoms. The molecule has 0 bridgehead atoms. The van der Waals surface area contributed by atoms with Gasteiger partial charge in [0.05, 0.1) is 39.9 Å². The maximum absolute atomic E-state index is 12.9. The second kappa shape index (κ2) is 40.1. The quantitative estimate of drug-likeness (QED) is 0.0246. The van der Waals surface area contributed by atoms with Gasteiger partial charge in [-0.2, -0.15) is 0 Å². The number of hydrogen-bond acceptors (Lipinski definition) is 5. The molecule has 0 aromatic rings. The molecule has 8 nitrogen and oxygen atoms in total. The second-order valence-electron chi connectivity index (χ2n) is 16.4. The molecule has 9 heteroatoms. The van der Waals surface area contributed by atoms with Crippen LogP contribution in [0.3, 0.4) is 0 Å². The van der Waals surface area contributed by atoms with Crippen LogP contribution in [0.1, 0.15) is 168 Å². The zero-order valence-electron chi connectivity index (χ0n) is 37.8. The molecule has 0 saturated carbocycles. The van der Waals surface area contributed by atoms with Gasteiger partial charge in [-0.05, 0) is 77.0 Å². The molecule has 1 amide bonds. The molecule has 0 heterocycles. The highest BCUT2D eigenvalue weighted by atomic mass is 31.2. The van der Waals surface area contributed by atoms with Gasteiger partial charge in [0.1, 0.15) is 13.2 Å². The van der Waals surface area contributed by atoms with Crippen LogP contribution >= 0.6 is 7.82 Å². The molecule has 0 aliphatic carbocycles. The van der Waals surface area contributed by atoms with Crippen LogP contribution < -0.4 is 5.32 Å². The number of hydrogen-bond donors (Lipinski definition) is 3. The van der Waals surface area contributed by atoms with E-state index < -0.39 is 20.0 Å². The lowest BCUT2D eigenvalue weighted by Gasteiger charge is -2.25. The van der Waals surface area contributed by atoms with Gasteiger partial charge in [0.25, 0.3) is 0 Å². The lowest BCUT2D eigenvalue weighted by molar-refractivity contribution is -0.870. The van der Waals surface area contributed by atoms with E-state index in [-0.39, 0.29) is 19.1 Å². The molecule has 0 aromatic carbocycles. The molecule has 334 valence electrons. The minimum absolute atomic E-state index is 0.0448. The van der Waals surface area contributed by atoms with E-state index in [2.05, 4.69) is 92.1 Å². The number of quaternary nitrogens is 1. The zero-order valence-corrected chi connectivity index (χ0v) is 38.6. The fourth-order valence-corrected chi connectivity index (χ4v) is 6.70. The molecule has 0 aromatic heterocycles. The van der Waals surface area contributed by atoms with Gasteiger partial charge in [0.2, 0.25) is 5.91 Å². The number of nitrogens with one attached hydrogen (secondary N) is 1. The van der Waals surface area contributed by atoms with E-state index in [0.29, 0.717) is 23.9 Å². The molecule has 0 fully saturated rings. The average molecular weight is 832 g/mol. The van der Waals surface area contributed by atoms with Crippen LogP contribution in [0.5, 0.6) is 0 Å². The van der Waals surface area contributed by atoms with Crippen molar-refractivity contribution >= 4 is 13.7 Å². The van der Waals surface area contributed by atoms with Gasteiger partial charge in [-0.1, -0.05) is 170 Å². The number of amides is 1. The highest BCUT2D eigenvalue weighted by Gasteiger charge is 2.27. The summed E-state index contributed by atoms with van der Waals surface area (Å²) in [5.41, 5.74) is 0. The maximum atomic E-state index is 12.9. The fraction of sp³-hybridized carbons (Fsp3) is 0.694. The molecule has 3 unspecified atom stereocenters. The van der Waals surface area contributed by atoms with Crippen LogP contribution in [0.25, 0.3) is 0 Å². The SMILES string of the molecule is CC/C=C\C/C=C\C/C=C\C/C=C\C/C=C\CCCCCC(=O)NC(COP(=O)(O)OCC[N+](C)(C)C)C(O)/C=C/CC/C=C/CCCCCCCCCCCCC. The van der Waals surface area contributed by atoms with Crippen LogP contribution in [-0.2, 0) is 18.4 Å². The Morgan fingerprint density at radius 1 is 0.603 bits per heavy atom. The summed E-state index contributed by atoms with van der Waals surface area (Å²) in [6, 6.07) is -0.885.